The summed E-state index contributed by atoms with van der Waals surface area (Å²) in [5.74, 6) is 0.0799. The molecule has 0 amide bonds. The van der Waals surface area contributed by atoms with Crippen molar-refractivity contribution in [2.24, 2.45) is 0 Å². The molecule has 0 aromatic carbocycles. The number of hydrogen-bond acceptors (Lipinski definition) is 2. The molecular weight excluding hydrogens is 116 g/mol. The zero-order valence-corrected chi connectivity index (χ0v) is 5.22. The third kappa shape index (κ3) is 1.16. The van der Waals surface area contributed by atoms with Crippen LogP contribution in [0.2, 0.25) is 0 Å². The third-order valence-corrected chi connectivity index (χ3v) is 1.11. The Labute approximate surface area is 53.1 Å². The zero-order chi connectivity index (χ0) is 6.69. The number of aromatic nitrogens is 2. The van der Waals surface area contributed by atoms with Gasteiger partial charge in [-0.1, -0.05) is 6.92 Å². The van der Waals surface area contributed by atoms with E-state index in [0.29, 0.717) is 12.1 Å². The van der Waals surface area contributed by atoms with Crippen LogP contribution < -0.4 is 0 Å². The molecule has 1 rings (SSSR count). The lowest BCUT2D eigenvalue weighted by Crippen LogP contribution is -1.95. The highest BCUT2D eigenvalue weighted by Gasteiger charge is 2.01. The van der Waals surface area contributed by atoms with Crippen LogP contribution in [0.25, 0.3) is 0 Å². The lowest BCUT2D eigenvalue weighted by molar-refractivity contribution is 0.0984. The van der Waals surface area contributed by atoms with Gasteiger partial charge in [0.2, 0.25) is 0 Å². The number of nitrogens with zero attached hydrogens (tertiary/aromatic N) is 1. The minimum absolute atomic E-state index is 0.0799. The first-order valence-electron chi connectivity index (χ1n) is 2.86. The summed E-state index contributed by atoms with van der Waals surface area (Å²) in [5.41, 5.74) is 0.525. The molecule has 0 fully saturated rings. The van der Waals surface area contributed by atoms with Crippen molar-refractivity contribution in [2.75, 3.05) is 0 Å². The van der Waals surface area contributed by atoms with Crippen LogP contribution in [0.5, 0.6) is 0 Å². The van der Waals surface area contributed by atoms with Crippen molar-refractivity contribution in [3.05, 3.63) is 18.2 Å². The van der Waals surface area contributed by atoms with Gasteiger partial charge in [0.15, 0.2) is 5.78 Å². The molecular formula is C6H8N2O. The Hall–Kier alpha value is -1.12. The minimum Gasteiger partial charge on any atom is -0.350 e. The molecule has 0 spiro atoms. The van der Waals surface area contributed by atoms with E-state index in [4.69, 9.17) is 0 Å². The number of imidazole rings is 1. The molecule has 1 aromatic heterocycles. The van der Waals surface area contributed by atoms with Gasteiger partial charge in [-0.3, -0.25) is 4.79 Å². The highest BCUT2D eigenvalue weighted by Crippen LogP contribution is 1.94. The van der Waals surface area contributed by atoms with Gasteiger partial charge in [0.05, 0.1) is 6.33 Å². The number of hydrogen-bond donors (Lipinski definition) is 1. The van der Waals surface area contributed by atoms with Crippen molar-refractivity contribution in [3.8, 4) is 0 Å². The highest BCUT2D eigenvalue weighted by molar-refractivity contribution is 5.93. The molecule has 3 nitrogen and oxygen atoms in total. The van der Waals surface area contributed by atoms with E-state index in [1.165, 1.54) is 6.33 Å². The summed E-state index contributed by atoms with van der Waals surface area (Å²) in [7, 11) is 0. The number of Topliss-reactive ketones (excluding diaryl/α,β-unsaturated/α-hetero) is 1. The predicted molar refractivity (Wildman–Crippen MR) is 33.2 cm³/mol. The Balaban J connectivity index is 2.77. The molecule has 3 heteroatoms. The first-order valence-corrected chi connectivity index (χ1v) is 2.86. The van der Waals surface area contributed by atoms with E-state index < -0.39 is 0 Å². The van der Waals surface area contributed by atoms with Crippen LogP contribution >= 0.6 is 0 Å². The van der Waals surface area contributed by atoms with Crippen molar-refractivity contribution in [3.63, 3.8) is 0 Å². The number of carbonyl (C=O) groups excluding carboxylic acids is 1. The molecule has 0 unspecified atom stereocenters. The summed E-state index contributed by atoms with van der Waals surface area (Å²) in [4.78, 5) is 17.3. The van der Waals surface area contributed by atoms with E-state index in [2.05, 4.69) is 9.97 Å². The molecule has 0 atom stereocenters. The van der Waals surface area contributed by atoms with E-state index in [1.807, 2.05) is 6.92 Å². The summed E-state index contributed by atoms with van der Waals surface area (Å²) < 4.78 is 0. The molecule has 48 valence electrons. The summed E-state index contributed by atoms with van der Waals surface area (Å²) >= 11 is 0. The van der Waals surface area contributed by atoms with Crippen molar-refractivity contribution < 1.29 is 4.79 Å². The van der Waals surface area contributed by atoms with Crippen LogP contribution in [0.4, 0.5) is 0 Å². The van der Waals surface area contributed by atoms with Crippen LogP contribution in [0.15, 0.2) is 12.5 Å². The fourth-order valence-corrected chi connectivity index (χ4v) is 0.594. The van der Waals surface area contributed by atoms with Crippen LogP contribution in [0.1, 0.15) is 23.8 Å². The number of nitrogens with one attached hydrogen (secondary N) is 1. The number of aromatic amines is 1. The SMILES string of the molecule is CCC(=O)c1c[nH]cn1. The smallest absolute Gasteiger partial charge is 0.182 e. The fourth-order valence-electron chi connectivity index (χ4n) is 0.594. The third-order valence-electron chi connectivity index (χ3n) is 1.11. The van der Waals surface area contributed by atoms with Gasteiger partial charge in [-0.05, 0) is 0 Å². The molecule has 1 aromatic rings. The molecule has 0 aliphatic carbocycles. The lowest BCUT2D eigenvalue weighted by atomic mass is 10.2. The van der Waals surface area contributed by atoms with E-state index in [-0.39, 0.29) is 5.78 Å². The van der Waals surface area contributed by atoms with Crippen LogP contribution in [0.3, 0.4) is 0 Å². The summed E-state index contributed by atoms with van der Waals surface area (Å²) in [5, 5.41) is 0. The number of H-pyrrole nitrogens is 1. The average Bonchev–Trinajstić information content (AvgIpc) is 2.37. The van der Waals surface area contributed by atoms with Gasteiger partial charge in [-0.25, -0.2) is 4.98 Å². The van der Waals surface area contributed by atoms with E-state index in [9.17, 15) is 4.79 Å². The Morgan fingerprint density at radius 3 is 3.11 bits per heavy atom. The number of ketones is 1. The van der Waals surface area contributed by atoms with Gasteiger partial charge in [0.1, 0.15) is 5.69 Å². The Morgan fingerprint density at radius 2 is 2.67 bits per heavy atom. The van der Waals surface area contributed by atoms with Crippen LogP contribution in [-0.2, 0) is 0 Å². The van der Waals surface area contributed by atoms with E-state index in [1.54, 1.807) is 6.20 Å². The lowest BCUT2D eigenvalue weighted by Gasteiger charge is -1.85. The molecule has 0 bridgehead atoms. The summed E-state index contributed by atoms with van der Waals surface area (Å²) in [6.07, 6.45) is 3.62. The quantitative estimate of drug-likeness (QED) is 0.598. The minimum atomic E-state index is 0.0799. The first kappa shape index (κ1) is 6.01. The van der Waals surface area contributed by atoms with E-state index >= 15 is 0 Å². The topological polar surface area (TPSA) is 45.8 Å². The van der Waals surface area contributed by atoms with E-state index in [0.717, 1.165) is 0 Å². The maximum absolute atomic E-state index is 10.8. The average molecular weight is 124 g/mol. The second-order valence-electron chi connectivity index (χ2n) is 1.73. The Bertz CT molecular complexity index is 191. The number of rotatable bonds is 2. The Kier molecular flexibility index (Phi) is 1.63. The second-order valence-corrected chi connectivity index (χ2v) is 1.73. The van der Waals surface area contributed by atoms with Gasteiger partial charge >= 0.3 is 0 Å². The fraction of sp³-hybridized carbons (Fsp3) is 0.333. The van der Waals surface area contributed by atoms with Crippen molar-refractivity contribution >= 4 is 5.78 Å². The van der Waals surface area contributed by atoms with Gasteiger partial charge in [-0.2, -0.15) is 0 Å². The van der Waals surface area contributed by atoms with Crippen molar-refractivity contribution in [2.45, 2.75) is 13.3 Å². The van der Waals surface area contributed by atoms with Gasteiger partial charge in [-0.15, -0.1) is 0 Å². The van der Waals surface area contributed by atoms with Gasteiger partial charge < -0.3 is 4.98 Å². The maximum atomic E-state index is 10.8. The Morgan fingerprint density at radius 1 is 1.89 bits per heavy atom. The van der Waals surface area contributed by atoms with Gasteiger partial charge in [0, 0.05) is 12.6 Å². The van der Waals surface area contributed by atoms with Crippen LogP contribution in [0, 0.1) is 0 Å². The van der Waals surface area contributed by atoms with Crippen molar-refractivity contribution in [1.29, 1.82) is 0 Å². The molecule has 1 N–H and O–H groups in total. The monoisotopic (exact) mass is 124 g/mol. The largest absolute Gasteiger partial charge is 0.350 e. The zero-order valence-electron chi connectivity index (χ0n) is 5.22. The number of carbonyl (C=O) groups is 1. The molecule has 1 heterocycles. The molecule has 0 aliphatic rings. The van der Waals surface area contributed by atoms with Gasteiger partial charge in [0.25, 0.3) is 0 Å². The molecule has 0 saturated carbocycles. The molecule has 0 radical (unpaired) electrons. The standard InChI is InChI=1S/C6H8N2O/c1-2-6(9)5-3-7-4-8-5/h3-4H,2H2,1H3,(H,7,8). The summed E-state index contributed by atoms with van der Waals surface area (Å²) in [6, 6.07) is 0. The van der Waals surface area contributed by atoms with Crippen molar-refractivity contribution in [1.82, 2.24) is 9.97 Å². The molecule has 0 saturated heterocycles. The first-order chi connectivity index (χ1) is 4.34. The van der Waals surface area contributed by atoms with Crippen LogP contribution in [-0.4, -0.2) is 15.8 Å². The predicted octanol–water partition coefficient (Wildman–Crippen LogP) is 1.00. The molecule has 0 aliphatic heterocycles. The summed E-state index contributed by atoms with van der Waals surface area (Å²) in [6.45, 7) is 1.82. The molecule has 9 heavy (non-hydrogen) atoms. The highest BCUT2D eigenvalue weighted by atomic mass is 16.1. The maximum Gasteiger partial charge on any atom is 0.182 e. The normalized spacial score (nSPS) is 9.44. The second kappa shape index (κ2) is 2.44.